The van der Waals surface area contributed by atoms with E-state index >= 15 is 0 Å². The van der Waals surface area contributed by atoms with Gasteiger partial charge in [-0.3, -0.25) is 0 Å². The lowest BCUT2D eigenvalue weighted by Gasteiger charge is -2.21. The summed E-state index contributed by atoms with van der Waals surface area (Å²) in [5.74, 6) is 1.10. The van der Waals surface area contributed by atoms with Crippen molar-refractivity contribution in [3.05, 3.63) is 0 Å². The van der Waals surface area contributed by atoms with Gasteiger partial charge in [-0.1, -0.05) is 6.42 Å². The zero-order valence-electron chi connectivity index (χ0n) is 11.0. The standard InChI is InChI=1S/C12H24N2OS2/c1-9(7-8-16-2)13-12(15)14-10-5-4-6-11(10)17-3/h9-11H,4-8H2,1-3H3,(H2,13,14,15)/t9-,10-,11+/m0/s1. The minimum Gasteiger partial charge on any atom is -0.336 e. The Morgan fingerprint density at radius 2 is 2.18 bits per heavy atom. The predicted molar refractivity (Wildman–Crippen MR) is 79.1 cm³/mol. The fourth-order valence-corrected chi connectivity index (χ4v) is 3.70. The molecule has 1 fully saturated rings. The van der Waals surface area contributed by atoms with E-state index in [9.17, 15) is 4.79 Å². The molecule has 17 heavy (non-hydrogen) atoms. The van der Waals surface area contributed by atoms with Crippen LogP contribution in [-0.2, 0) is 0 Å². The van der Waals surface area contributed by atoms with Crippen LogP contribution >= 0.6 is 23.5 Å². The highest BCUT2D eigenvalue weighted by molar-refractivity contribution is 7.99. The number of hydrogen-bond acceptors (Lipinski definition) is 3. The van der Waals surface area contributed by atoms with Gasteiger partial charge in [0.2, 0.25) is 0 Å². The van der Waals surface area contributed by atoms with E-state index in [1.807, 2.05) is 23.5 Å². The fourth-order valence-electron chi connectivity index (χ4n) is 2.17. The maximum Gasteiger partial charge on any atom is 0.315 e. The Morgan fingerprint density at radius 3 is 2.82 bits per heavy atom. The van der Waals surface area contributed by atoms with Gasteiger partial charge in [-0.05, 0) is 44.5 Å². The quantitative estimate of drug-likeness (QED) is 0.784. The van der Waals surface area contributed by atoms with Crippen LogP contribution in [0, 0.1) is 0 Å². The average molecular weight is 276 g/mol. The third-order valence-electron chi connectivity index (χ3n) is 3.20. The number of carbonyl (C=O) groups excluding carboxylic acids is 1. The van der Waals surface area contributed by atoms with Crippen LogP contribution in [0.2, 0.25) is 0 Å². The Balaban J connectivity index is 2.24. The molecule has 5 heteroatoms. The highest BCUT2D eigenvalue weighted by Crippen LogP contribution is 2.28. The summed E-state index contributed by atoms with van der Waals surface area (Å²) in [6, 6.07) is 0.624. The third kappa shape index (κ3) is 5.42. The van der Waals surface area contributed by atoms with Crippen LogP contribution in [0.1, 0.15) is 32.6 Å². The Kier molecular flexibility index (Phi) is 7.19. The topological polar surface area (TPSA) is 41.1 Å². The van der Waals surface area contributed by atoms with E-state index in [-0.39, 0.29) is 12.1 Å². The summed E-state index contributed by atoms with van der Waals surface area (Å²) in [5, 5.41) is 6.72. The van der Waals surface area contributed by atoms with E-state index in [1.165, 1.54) is 12.8 Å². The molecule has 0 bridgehead atoms. The number of rotatable bonds is 6. The van der Waals surface area contributed by atoms with E-state index in [2.05, 4.69) is 30.1 Å². The van der Waals surface area contributed by atoms with Crippen molar-refractivity contribution >= 4 is 29.6 Å². The molecule has 2 N–H and O–H groups in total. The fraction of sp³-hybridized carbons (Fsp3) is 0.917. The minimum atomic E-state index is 0.00422. The highest BCUT2D eigenvalue weighted by Gasteiger charge is 2.27. The molecule has 0 heterocycles. The van der Waals surface area contributed by atoms with Gasteiger partial charge in [-0.25, -0.2) is 4.79 Å². The molecule has 0 aliphatic heterocycles. The first kappa shape index (κ1) is 15.0. The Morgan fingerprint density at radius 1 is 1.41 bits per heavy atom. The van der Waals surface area contributed by atoms with Crippen molar-refractivity contribution in [3.8, 4) is 0 Å². The third-order valence-corrected chi connectivity index (χ3v) is 5.02. The van der Waals surface area contributed by atoms with Gasteiger partial charge in [0, 0.05) is 17.3 Å². The molecular weight excluding hydrogens is 252 g/mol. The van der Waals surface area contributed by atoms with Crippen molar-refractivity contribution in [3.63, 3.8) is 0 Å². The zero-order valence-corrected chi connectivity index (χ0v) is 12.6. The van der Waals surface area contributed by atoms with Crippen LogP contribution in [0.4, 0.5) is 4.79 Å². The second-order valence-corrected chi connectivity index (χ2v) is 6.67. The molecule has 0 radical (unpaired) electrons. The molecule has 100 valence electrons. The number of urea groups is 1. The summed E-state index contributed by atoms with van der Waals surface area (Å²) < 4.78 is 0. The van der Waals surface area contributed by atoms with Gasteiger partial charge >= 0.3 is 6.03 Å². The molecule has 1 aliphatic rings. The molecule has 1 aliphatic carbocycles. The SMILES string of the molecule is CSCC[C@H](C)NC(=O)N[C@H]1CCC[C@H]1SC. The summed E-state index contributed by atoms with van der Waals surface area (Å²) in [6.45, 7) is 2.07. The number of hydrogen-bond donors (Lipinski definition) is 2. The zero-order chi connectivity index (χ0) is 12.7. The Hall–Kier alpha value is -0.0300. The second-order valence-electron chi connectivity index (χ2n) is 4.61. The maximum absolute atomic E-state index is 11.8. The number of amides is 2. The van der Waals surface area contributed by atoms with Crippen molar-refractivity contribution in [1.82, 2.24) is 10.6 Å². The summed E-state index contributed by atoms with van der Waals surface area (Å²) >= 11 is 3.69. The van der Waals surface area contributed by atoms with Crippen molar-refractivity contribution in [1.29, 1.82) is 0 Å². The summed E-state index contributed by atoms with van der Waals surface area (Å²) in [6.07, 6.45) is 8.84. The summed E-state index contributed by atoms with van der Waals surface area (Å²) in [4.78, 5) is 11.8. The van der Waals surface area contributed by atoms with Crippen LogP contribution in [-0.4, -0.2) is 41.6 Å². The first-order valence-electron chi connectivity index (χ1n) is 6.26. The molecule has 0 spiro atoms. The number of nitrogens with one attached hydrogen (secondary N) is 2. The lowest BCUT2D eigenvalue weighted by atomic mass is 10.2. The Labute approximate surface area is 113 Å². The highest BCUT2D eigenvalue weighted by atomic mass is 32.2. The van der Waals surface area contributed by atoms with Crippen LogP contribution in [0.5, 0.6) is 0 Å². The van der Waals surface area contributed by atoms with Gasteiger partial charge in [0.05, 0.1) is 0 Å². The molecule has 0 saturated heterocycles. The van der Waals surface area contributed by atoms with Gasteiger partial charge < -0.3 is 10.6 Å². The molecule has 0 unspecified atom stereocenters. The first-order chi connectivity index (χ1) is 8.17. The van der Waals surface area contributed by atoms with E-state index in [1.54, 1.807) is 0 Å². The van der Waals surface area contributed by atoms with Crippen molar-refractivity contribution in [2.24, 2.45) is 0 Å². The second kappa shape index (κ2) is 8.14. The normalized spacial score (nSPS) is 25.6. The molecule has 3 atom stereocenters. The van der Waals surface area contributed by atoms with Crippen LogP contribution in [0.25, 0.3) is 0 Å². The lowest BCUT2D eigenvalue weighted by molar-refractivity contribution is 0.234. The molecule has 0 aromatic rings. The van der Waals surface area contributed by atoms with Crippen LogP contribution in [0.3, 0.4) is 0 Å². The largest absolute Gasteiger partial charge is 0.336 e. The predicted octanol–water partition coefficient (Wildman–Crippen LogP) is 2.71. The van der Waals surface area contributed by atoms with Gasteiger partial charge in [0.15, 0.2) is 0 Å². The Bertz CT molecular complexity index is 239. The van der Waals surface area contributed by atoms with Gasteiger partial charge in [-0.15, -0.1) is 0 Å². The molecule has 2 amide bonds. The molecule has 0 aromatic heterocycles. The minimum absolute atomic E-state index is 0.00422. The van der Waals surface area contributed by atoms with Crippen LogP contribution in [0.15, 0.2) is 0 Å². The summed E-state index contributed by atoms with van der Waals surface area (Å²) in [7, 11) is 0. The van der Waals surface area contributed by atoms with Crippen molar-refractivity contribution in [2.45, 2.75) is 49.9 Å². The number of carbonyl (C=O) groups is 1. The monoisotopic (exact) mass is 276 g/mol. The maximum atomic E-state index is 11.8. The van der Waals surface area contributed by atoms with E-state index in [4.69, 9.17) is 0 Å². The first-order valence-corrected chi connectivity index (χ1v) is 8.94. The van der Waals surface area contributed by atoms with E-state index < -0.39 is 0 Å². The van der Waals surface area contributed by atoms with Gasteiger partial charge in [0.25, 0.3) is 0 Å². The molecule has 3 nitrogen and oxygen atoms in total. The molecule has 1 rings (SSSR count). The van der Waals surface area contributed by atoms with Crippen molar-refractivity contribution < 1.29 is 4.79 Å². The van der Waals surface area contributed by atoms with Gasteiger partial charge in [-0.2, -0.15) is 23.5 Å². The lowest BCUT2D eigenvalue weighted by Crippen LogP contribution is -2.47. The molecule has 0 aromatic carbocycles. The van der Waals surface area contributed by atoms with Gasteiger partial charge in [0.1, 0.15) is 0 Å². The van der Waals surface area contributed by atoms with Crippen LogP contribution < -0.4 is 10.6 Å². The average Bonchev–Trinajstić information content (AvgIpc) is 2.73. The van der Waals surface area contributed by atoms with E-state index in [0.717, 1.165) is 18.6 Å². The smallest absolute Gasteiger partial charge is 0.315 e. The number of thioether (sulfide) groups is 2. The molecule has 1 saturated carbocycles. The molecular formula is C12H24N2OS2. The summed E-state index contributed by atoms with van der Waals surface area (Å²) in [5.41, 5.74) is 0. The van der Waals surface area contributed by atoms with Crippen molar-refractivity contribution in [2.75, 3.05) is 18.3 Å². The van der Waals surface area contributed by atoms with E-state index in [0.29, 0.717) is 11.3 Å².